The molecular formula is C10H18O4. The van der Waals surface area contributed by atoms with Crippen molar-refractivity contribution in [1.82, 2.24) is 0 Å². The molecule has 0 bridgehead atoms. The maximum absolute atomic E-state index is 11.1. The maximum atomic E-state index is 11.1. The van der Waals surface area contributed by atoms with E-state index in [1.54, 1.807) is 0 Å². The van der Waals surface area contributed by atoms with E-state index >= 15 is 0 Å². The van der Waals surface area contributed by atoms with Gasteiger partial charge in [0.05, 0.1) is 13.2 Å². The van der Waals surface area contributed by atoms with Gasteiger partial charge in [-0.1, -0.05) is 13.3 Å². The van der Waals surface area contributed by atoms with Gasteiger partial charge in [-0.05, 0) is 25.2 Å². The zero-order valence-corrected chi connectivity index (χ0v) is 8.53. The zero-order valence-electron chi connectivity index (χ0n) is 8.53. The quantitative estimate of drug-likeness (QED) is 0.698. The predicted molar refractivity (Wildman–Crippen MR) is 51.0 cm³/mol. The lowest BCUT2D eigenvalue weighted by atomic mass is 9.99. The highest BCUT2D eigenvalue weighted by atomic mass is 16.5. The topological polar surface area (TPSA) is 66.8 Å². The van der Waals surface area contributed by atoms with E-state index in [0.717, 1.165) is 12.8 Å². The minimum absolute atomic E-state index is 0.114. The molecule has 0 radical (unpaired) electrons. The van der Waals surface area contributed by atoms with Crippen LogP contribution in [0, 0.1) is 5.92 Å². The first kappa shape index (κ1) is 11.5. The Hall–Kier alpha value is -0.610. The van der Waals surface area contributed by atoms with E-state index in [-0.39, 0.29) is 13.2 Å². The lowest BCUT2D eigenvalue weighted by Crippen LogP contribution is -2.39. The second-order valence-corrected chi connectivity index (χ2v) is 3.89. The van der Waals surface area contributed by atoms with Crippen LogP contribution in [-0.4, -0.2) is 35.0 Å². The molecule has 1 aliphatic carbocycles. The summed E-state index contributed by atoms with van der Waals surface area (Å²) in [5.41, 5.74) is -1.02. The average molecular weight is 202 g/mol. The third-order valence-corrected chi connectivity index (χ3v) is 3.01. The molecule has 4 nitrogen and oxygen atoms in total. The largest absolute Gasteiger partial charge is 0.479 e. The smallest absolute Gasteiger partial charge is 0.335 e. The van der Waals surface area contributed by atoms with E-state index in [2.05, 4.69) is 6.92 Å². The Kier molecular flexibility index (Phi) is 3.89. The number of aliphatic hydroxyl groups excluding tert-OH is 1. The monoisotopic (exact) mass is 202 g/mol. The summed E-state index contributed by atoms with van der Waals surface area (Å²) in [6.45, 7) is 2.06. The molecule has 1 aliphatic rings. The highest BCUT2D eigenvalue weighted by Gasteiger charge is 2.45. The van der Waals surface area contributed by atoms with Crippen molar-refractivity contribution >= 4 is 5.97 Å². The van der Waals surface area contributed by atoms with E-state index in [4.69, 9.17) is 14.9 Å². The van der Waals surface area contributed by atoms with Crippen molar-refractivity contribution in [1.29, 1.82) is 0 Å². The summed E-state index contributed by atoms with van der Waals surface area (Å²) >= 11 is 0. The number of aliphatic hydroxyl groups is 1. The zero-order chi connectivity index (χ0) is 10.6. The third-order valence-electron chi connectivity index (χ3n) is 3.01. The van der Waals surface area contributed by atoms with E-state index in [0.29, 0.717) is 18.8 Å². The molecule has 2 N–H and O–H groups in total. The molecule has 0 heterocycles. The summed E-state index contributed by atoms with van der Waals surface area (Å²) in [6.07, 6.45) is 3.06. The minimum atomic E-state index is -1.02. The fraction of sp³-hybridized carbons (Fsp3) is 0.900. The van der Waals surface area contributed by atoms with Gasteiger partial charge in [-0.15, -0.1) is 0 Å². The Labute approximate surface area is 83.9 Å². The molecule has 1 rings (SSSR count). The molecule has 4 heteroatoms. The Morgan fingerprint density at radius 3 is 2.79 bits per heavy atom. The number of ether oxygens (including phenoxy) is 1. The lowest BCUT2D eigenvalue weighted by molar-refractivity contribution is -0.166. The molecule has 0 aliphatic heterocycles. The van der Waals surface area contributed by atoms with E-state index < -0.39 is 11.6 Å². The van der Waals surface area contributed by atoms with Gasteiger partial charge in [-0.3, -0.25) is 0 Å². The van der Waals surface area contributed by atoms with Gasteiger partial charge in [-0.25, -0.2) is 4.79 Å². The van der Waals surface area contributed by atoms with Crippen LogP contribution in [0.15, 0.2) is 0 Å². The number of carboxylic acids is 1. The van der Waals surface area contributed by atoms with Crippen LogP contribution in [0.5, 0.6) is 0 Å². The van der Waals surface area contributed by atoms with Crippen LogP contribution in [0.3, 0.4) is 0 Å². The molecule has 82 valence electrons. The number of carboxylic acid groups (broad SMARTS) is 1. The normalized spacial score (nSPS) is 32.0. The molecule has 0 spiro atoms. The summed E-state index contributed by atoms with van der Waals surface area (Å²) < 4.78 is 5.28. The highest BCUT2D eigenvalue weighted by molar-refractivity contribution is 5.77. The van der Waals surface area contributed by atoms with Crippen LogP contribution in [0.2, 0.25) is 0 Å². The molecule has 2 unspecified atom stereocenters. The van der Waals surface area contributed by atoms with Crippen LogP contribution in [0.25, 0.3) is 0 Å². The molecular weight excluding hydrogens is 184 g/mol. The molecule has 0 aromatic rings. The second-order valence-electron chi connectivity index (χ2n) is 3.89. The molecule has 0 saturated heterocycles. The van der Waals surface area contributed by atoms with Crippen LogP contribution < -0.4 is 0 Å². The van der Waals surface area contributed by atoms with Gasteiger partial charge in [0.1, 0.15) is 0 Å². The Bertz CT molecular complexity index is 204. The molecule has 0 aromatic heterocycles. The van der Waals surface area contributed by atoms with Crippen molar-refractivity contribution in [3.05, 3.63) is 0 Å². The predicted octanol–water partition coefficient (Wildman–Crippen LogP) is 1.03. The van der Waals surface area contributed by atoms with Crippen molar-refractivity contribution in [2.24, 2.45) is 5.92 Å². The van der Waals surface area contributed by atoms with Gasteiger partial charge >= 0.3 is 5.97 Å². The molecule has 1 fully saturated rings. The summed E-state index contributed by atoms with van der Waals surface area (Å²) in [5.74, 6) is -0.438. The Morgan fingerprint density at radius 1 is 1.64 bits per heavy atom. The van der Waals surface area contributed by atoms with Gasteiger partial charge in [0.15, 0.2) is 5.60 Å². The molecule has 0 aromatic carbocycles. The summed E-state index contributed by atoms with van der Waals surface area (Å²) in [5, 5.41) is 17.7. The van der Waals surface area contributed by atoms with Gasteiger partial charge < -0.3 is 14.9 Å². The van der Waals surface area contributed by atoms with Crippen molar-refractivity contribution in [3.63, 3.8) is 0 Å². The summed E-state index contributed by atoms with van der Waals surface area (Å²) in [7, 11) is 0. The van der Waals surface area contributed by atoms with Crippen LogP contribution >= 0.6 is 0 Å². The summed E-state index contributed by atoms with van der Waals surface area (Å²) in [6, 6.07) is 0. The molecule has 14 heavy (non-hydrogen) atoms. The third kappa shape index (κ3) is 2.25. The number of hydrogen-bond acceptors (Lipinski definition) is 3. The van der Waals surface area contributed by atoms with Crippen LogP contribution in [0.1, 0.15) is 32.6 Å². The van der Waals surface area contributed by atoms with E-state index in [9.17, 15) is 4.79 Å². The van der Waals surface area contributed by atoms with Gasteiger partial charge in [-0.2, -0.15) is 0 Å². The van der Waals surface area contributed by atoms with Crippen molar-refractivity contribution in [2.45, 2.75) is 38.2 Å². The average Bonchev–Trinajstić information content (AvgIpc) is 2.59. The molecule has 1 saturated carbocycles. The van der Waals surface area contributed by atoms with Crippen LogP contribution in [-0.2, 0) is 9.53 Å². The standard InChI is InChI=1S/C10H18O4/c1-2-8-3-4-10(7-8,9(12)13)14-6-5-11/h8,11H,2-7H2,1H3,(H,12,13). The van der Waals surface area contributed by atoms with Crippen molar-refractivity contribution < 1.29 is 19.7 Å². The fourth-order valence-electron chi connectivity index (χ4n) is 2.08. The Morgan fingerprint density at radius 2 is 2.36 bits per heavy atom. The first-order chi connectivity index (χ1) is 6.64. The van der Waals surface area contributed by atoms with Crippen LogP contribution in [0.4, 0.5) is 0 Å². The van der Waals surface area contributed by atoms with Crippen molar-refractivity contribution in [2.75, 3.05) is 13.2 Å². The number of rotatable bonds is 5. The molecule has 0 amide bonds. The summed E-state index contributed by atoms with van der Waals surface area (Å²) in [4.78, 5) is 11.1. The number of aliphatic carboxylic acids is 1. The Balaban J connectivity index is 2.60. The van der Waals surface area contributed by atoms with Gasteiger partial charge in [0.25, 0.3) is 0 Å². The number of hydrogen-bond donors (Lipinski definition) is 2. The molecule has 2 atom stereocenters. The maximum Gasteiger partial charge on any atom is 0.335 e. The fourth-order valence-corrected chi connectivity index (χ4v) is 2.08. The van der Waals surface area contributed by atoms with Gasteiger partial charge in [0.2, 0.25) is 0 Å². The van der Waals surface area contributed by atoms with Gasteiger partial charge in [0, 0.05) is 0 Å². The van der Waals surface area contributed by atoms with E-state index in [1.807, 2.05) is 0 Å². The highest BCUT2D eigenvalue weighted by Crippen LogP contribution is 2.39. The first-order valence-corrected chi connectivity index (χ1v) is 5.13. The van der Waals surface area contributed by atoms with Crippen molar-refractivity contribution in [3.8, 4) is 0 Å². The number of carbonyl (C=O) groups is 1. The lowest BCUT2D eigenvalue weighted by Gasteiger charge is -2.24. The first-order valence-electron chi connectivity index (χ1n) is 5.13. The minimum Gasteiger partial charge on any atom is -0.479 e. The second kappa shape index (κ2) is 4.75. The van der Waals surface area contributed by atoms with E-state index in [1.165, 1.54) is 0 Å². The SMILES string of the molecule is CCC1CCC(OCCO)(C(=O)O)C1.